The van der Waals surface area contributed by atoms with Gasteiger partial charge in [0, 0.05) is 14.0 Å². The van der Waals surface area contributed by atoms with Crippen molar-refractivity contribution in [2.75, 3.05) is 37.7 Å². The van der Waals surface area contributed by atoms with Gasteiger partial charge in [-0.05, 0) is 31.2 Å². The number of amidine groups is 1. The van der Waals surface area contributed by atoms with Crippen LogP contribution in [0.4, 0.5) is 16.2 Å². The first-order valence-corrected chi connectivity index (χ1v) is 8.63. The van der Waals surface area contributed by atoms with Crippen LogP contribution < -0.4 is 15.3 Å². The van der Waals surface area contributed by atoms with E-state index in [2.05, 4.69) is 10.6 Å². The molecule has 8 nitrogen and oxygen atoms in total. The number of hydrogen-bond donors (Lipinski definition) is 3. The van der Waals surface area contributed by atoms with Crippen LogP contribution in [0.15, 0.2) is 24.3 Å². The van der Waals surface area contributed by atoms with Crippen molar-refractivity contribution >= 4 is 31.0 Å². The molecular weight excluding hydrogens is 319 g/mol. The third kappa shape index (κ3) is 5.06. The molecule has 0 radical (unpaired) electrons. The summed E-state index contributed by atoms with van der Waals surface area (Å²) in [7, 11) is 0.935. The monoisotopic (exact) mass is 343 g/mol. The number of nitrogens with one attached hydrogen (secondary N) is 2. The highest BCUT2D eigenvalue weighted by molar-refractivity contribution is 7.55. The predicted molar refractivity (Wildman–Crippen MR) is 91.2 cm³/mol. The van der Waals surface area contributed by atoms with Gasteiger partial charge in [-0.3, -0.25) is 9.10 Å². The summed E-state index contributed by atoms with van der Waals surface area (Å²) >= 11 is 0. The Balaban J connectivity index is 3.12. The molecule has 0 saturated heterocycles. The van der Waals surface area contributed by atoms with E-state index in [0.717, 1.165) is 16.2 Å². The number of anilines is 2. The first kappa shape index (κ1) is 19.2. The van der Waals surface area contributed by atoms with E-state index in [0.29, 0.717) is 0 Å². The first-order valence-electron chi connectivity index (χ1n) is 7.10. The predicted octanol–water partition coefficient (Wildman–Crippen LogP) is 2.07. The largest absolute Gasteiger partial charge is 0.440 e. The summed E-state index contributed by atoms with van der Waals surface area (Å²) in [4.78, 5) is 22.0. The van der Waals surface area contributed by atoms with Crippen LogP contribution in [0.1, 0.15) is 13.8 Å². The second-order valence-electron chi connectivity index (χ2n) is 4.93. The van der Waals surface area contributed by atoms with Gasteiger partial charge in [-0.15, -0.1) is 0 Å². The maximum Gasteiger partial charge on any atom is 0.440 e. The van der Waals surface area contributed by atoms with E-state index in [1.54, 1.807) is 31.2 Å². The van der Waals surface area contributed by atoms with Crippen molar-refractivity contribution in [3.8, 4) is 0 Å². The van der Waals surface area contributed by atoms with E-state index < -0.39 is 13.8 Å². The molecule has 1 aromatic carbocycles. The second kappa shape index (κ2) is 8.10. The van der Waals surface area contributed by atoms with Crippen LogP contribution in [0.3, 0.4) is 0 Å². The smallest absolute Gasteiger partial charge is 0.340 e. The lowest BCUT2D eigenvalue weighted by Gasteiger charge is -2.25. The van der Waals surface area contributed by atoms with Crippen LogP contribution in [-0.2, 0) is 9.09 Å². The lowest BCUT2D eigenvalue weighted by Crippen LogP contribution is -2.36. The van der Waals surface area contributed by atoms with Crippen molar-refractivity contribution in [3.05, 3.63) is 24.3 Å². The number of rotatable bonds is 5. The van der Waals surface area contributed by atoms with Gasteiger partial charge in [0.15, 0.2) is 0 Å². The van der Waals surface area contributed by atoms with Crippen molar-refractivity contribution < 1.29 is 23.4 Å². The van der Waals surface area contributed by atoms with E-state index in [4.69, 9.17) is 4.52 Å². The Morgan fingerprint density at radius 3 is 2.35 bits per heavy atom. The molecule has 1 rings (SSSR count). The fraction of sp³-hybridized carbons (Fsp3) is 0.429. The Kier molecular flexibility index (Phi) is 6.75. The highest BCUT2D eigenvalue weighted by atomic mass is 31.2. The van der Waals surface area contributed by atoms with Crippen molar-refractivity contribution in [3.63, 3.8) is 0 Å². The fourth-order valence-electron chi connectivity index (χ4n) is 1.72. The summed E-state index contributed by atoms with van der Waals surface area (Å²) < 4.78 is 19.7. The van der Waals surface area contributed by atoms with E-state index >= 15 is 0 Å². The molecule has 2 amide bonds. The highest BCUT2D eigenvalue weighted by Gasteiger charge is 2.35. The molecule has 0 bridgehead atoms. The van der Waals surface area contributed by atoms with E-state index in [-0.39, 0.29) is 12.3 Å². The molecule has 0 aliphatic rings. The van der Waals surface area contributed by atoms with Gasteiger partial charge in [0.2, 0.25) is 5.84 Å². The lowest BCUT2D eigenvalue weighted by molar-refractivity contribution is -0.464. The third-order valence-electron chi connectivity index (χ3n) is 3.06. The average Bonchev–Trinajstić information content (AvgIpc) is 2.48. The molecule has 0 fully saturated rings. The molecule has 3 N–H and O–H groups in total. The van der Waals surface area contributed by atoms with Crippen LogP contribution >= 0.6 is 7.75 Å². The van der Waals surface area contributed by atoms with Crippen molar-refractivity contribution in [1.29, 1.82) is 0 Å². The quantitative estimate of drug-likeness (QED) is 0.329. The molecule has 0 aliphatic carbocycles. The van der Waals surface area contributed by atoms with Gasteiger partial charge in [0.25, 0.3) is 0 Å². The van der Waals surface area contributed by atoms with E-state index in [9.17, 15) is 14.3 Å². The highest BCUT2D eigenvalue weighted by Crippen LogP contribution is 2.49. The maximum atomic E-state index is 12.2. The number of carbonyl (C=O) groups excluding carboxylic acids is 1. The normalized spacial score (nSPS) is 13.0. The van der Waals surface area contributed by atoms with Gasteiger partial charge >= 0.3 is 13.8 Å². The minimum atomic E-state index is -4.27. The lowest BCUT2D eigenvalue weighted by atomic mass is 10.3. The maximum absolute atomic E-state index is 12.2. The Bertz CT molecular complexity index is 626. The molecule has 0 aromatic heterocycles. The van der Waals surface area contributed by atoms with Gasteiger partial charge in [0.05, 0.1) is 26.4 Å². The van der Waals surface area contributed by atoms with Crippen LogP contribution in [0.5, 0.6) is 0 Å². The summed E-state index contributed by atoms with van der Waals surface area (Å²) in [5.74, 6) is 0.933. The second-order valence-corrected chi connectivity index (χ2v) is 6.57. The van der Waals surface area contributed by atoms with Crippen LogP contribution in [0.2, 0.25) is 0 Å². The zero-order chi connectivity index (χ0) is 17.6. The summed E-state index contributed by atoms with van der Waals surface area (Å²) in [6.07, 6.45) is 0. The molecule has 0 aliphatic heterocycles. The molecule has 1 unspecified atom stereocenters. The minimum Gasteiger partial charge on any atom is -0.340 e. The molecule has 0 heterocycles. The zero-order valence-electron chi connectivity index (χ0n) is 14.0. The molecule has 1 atom stereocenters. The molecule has 23 heavy (non-hydrogen) atoms. The first-order chi connectivity index (χ1) is 10.7. The van der Waals surface area contributed by atoms with Gasteiger partial charge in [-0.1, -0.05) is 0 Å². The summed E-state index contributed by atoms with van der Waals surface area (Å²) in [5, 5.41) is 5.51. The van der Waals surface area contributed by atoms with Gasteiger partial charge in [-0.25, -0.2) is 14.7 Å². The molecule has 9 heteroatoms. The molecule has 0 saturated carbocycles. The van der Waals surface area contributed by atoms with Gasteiger partial charge in [-0.2, -0.15) is 4.67 Å². The number of urea groups is 1. The molecule has 128 valence electrons. The van der Waals surface area contributed by atoms with Crippen LogP contribution in [-0.4, -0.2) is 49.1 Å². The Labute approximate surface area is 136 Å². The fourth-order valence-corrected chi connectivity index (χ4v) is 2.92. The Morgan fingerprint density at radius 2 is 1.91 bits per heavy atom. The number of amides is 2. The topological polar surface area (TPSA) is 93.9 Å². The van der Waals surface area contributed by atoms with Crippen molar-refractivity contribution in [1.82, 2.24) is 5.32 Å². The van der Waals surface area contributed by atoms with Crippen molar-refractivity contribution in [2.24, 2.45) is 0 Å². The Hall–Kier alpha value is -1.89. The molecule has 0 spiro atoms. The molecule has 1 aromatic rings. The summed E-state index contributed by atoms with van der Waals surface area (Å²) in [6.45, 7) is 3.51. The van der Waals surface area contributed by atoms with Crippen molar-refractivity contribution in [2.45, 2.75) is 13.8 Å². The summed E-state index contributed by atoms with van der Waals surface area (Å²) in [5.41, 5.74) is 1.05. The van der Waals surface area contributed by atoms with E-state index in [1.807, 2.05) is 25.6 Å². The number of benzene rings is 1. The minimum absolute atomic E-state index is 0.0118. The number of nitrogens with zero attached hydrogens (tertiary/aromatic N) is 2. The number of hydrogen-bond acceptors (Lipinski definition) is 3. The van der Waals surface area contributed by atoms with Crippen LogP contribution in [0, 0.1) is 0 Å². The van der Waals surface area contributed by atoms with E-state index in [1.165, 1.54) is 7.05 Å². The summed E-state index contributed by atoms with van der Waals surface area (Å²) in [6, 6.07) is 5.85. The van der Waals surface area contributed by atoms with Gasteiger partial charge < -0.3 is 10.2 Å². The zero-order valence-corrected chi connectivity index (χ0v) is 14.9. The number of carbonyl (C=O) groups is 1. The van der Waals surface area contributed by atoms with Gasteiger partial charge in [0.1, 0.15) is 5.69 Å². The standard InChI is InChI=1S/C14H23N4O4P/c1-6-22-23(20,21)18(14(19)15-3)13-9-7-12(8-10-13)16-11(2)17(4)5/h7-10H,6H2,1-5H3,(H2,15,19,20,21)/p+1. The van der Waals surface area contributed by atoms with Crippen LogP contribution in [0.25, 0.3) is 0 Å². The third-order valence-corrected chi connectivity index (χ3v) is 4.58. The average molecular weight is 343 g/mol. The SMILES string of the molecule is CCOP(=O)(O)N(C(=O)NC)c1ccc(NC(C)=[N+](C)C)cc1. The Morgan fingerprint density at radius 1 is 1.35 bits per heavy atom. The molecular formula is C14H24N4O4P+.